The van der Waals surface area contributed by atoms with Gasteiger partial charge >= 0.3 is 5.97 Å². The quantitative estimate of drug-likeness (QED) is 0.425. The molecule has 0 radical (unpaired) electrons. The third-order valence-electron chi connectivity index (χ3n) is 2.00. The Morgan fingerprint density at radius 3 is 3.00 bits per heavy atom. The van der Waals surface area contributed by atoms with E-state index in [1.165, 1.54) is 7.11 Å². The molecule has 1 heterocycles. The van der Waals surface area contributed by atoms with Crippen LogP contribution in [-0.4, -0.2) is 38.8 Å². The molecule has 0 saturated carbocycles. The average molecular weight is 160 g/mol. The molecule has 4 nitrogen and oxygen atoms in total. The van der Waals surface area contributed by atoms with Crippen LogP contribution in [0.3, 0.4) is 0 Å². The molecule has 4 heteroatoms. The fourth-order valence-electron chi connectivity index (χ4n) is 1.34. The number of hydrogen-bond acceptors (Lipinski definition) is 2. The predicted molar refractivity (Wildman–Crippen MR) is 38.9 cm³/mol. The van der Waals surface area contributed by atoms with Crippen molar-refractivity contribution in [3.05, 3.63) is 0 Å². The lowest BCUT2D eigenvalue weighted by Gasteiger charge is -2.17. The van der Waals surface area contributed by atoms with Gasteiger partial charge in [-0.05, 0) is 0 Å². The molecule has 1 saturated heterocycles. The number of ether oxygens (including phenoxy) is 1. The summed E-state index contributed by atoms with van der Waals surface area (Å²) in [6.45, 7) is 3.31. The first-order chi connectivity index (χ1) is 5.33. The molecule has 0 spiro atoms. The van der Waals surface area contributed by atoms with E-state index in [2.05, 4.69) is 15.4 Å². The van der Waals surface area contributed by atoms with Gasteiger partial charge in [-0.1, -0.05) is 0 Å². The molecule has 1 fully saturated rings. The topological polar surface area (TPSA) is 59.5 Å². The van der Waals surface area contributed by atoms with Gasteiger partial charge in [0, 0.05) is 0 Å². The highest BCUT2D eigenvalue weighted by atomic mass is 16.5. The van der Waals surface area contributed by atoms with Gasteiger partial charge in [0.2, 0.25) is 0 Å². The molecule has 0 unspecified atom stereocenters. The lowest BCUT2D eigenvalue weighted by Crippen LogP contribution is -3.08. The average Bonchev–Trinajstić information content (AvgIpc) is 2.06. The van der Waals surface area contributed by atoms with Crippen molar-refractivity contribution in [2.75, 3.05) is 26.7 Å². The molecule has 0 amide bonds. The van der Waals surface area contributed by atoms with Gasteiger partial charge < -0.3 is 15.4 Å². The van der Waals surface area contributed by atoms with E-state index in [1.54, 1.807) is 0 Å². The van der Waals surface area contributed by atoms with Crippen LogP contribution in [0.4, 0.5) is 0 Å². The molecule has 0 bridgehead atoms. The number of methoxy groups -OCH3 is 1. The van der Waals surface area contributed by atoms with Crippen molar-refractivity contribution in [2.24, 2.45) is 0 Å². The minimum Gasteiger partial charge on any atom is -0.469 e. The summed E-state index contributed by atoms with van der Waals surface area (Å²) in [7, 11) is 1.44. The molecule has 11 heavy (non-hydrogen) atoms. The van der Waals surface area contributed by atoms with Gasteiger partial charge in [-0.2, -0.15) is 0 Å². The van der Waals surface area contributed by atoms with Crippen LogP contribution in [0.2, 0.25) is 0 Å². The molecule has 0 aromatic heterocycles. The summed E-state index contributed by atoms with van der Waals surface area (Å²) in [5.41, 5.74) is 0. The van der Waals surface area contributed by atoms with Gasteiger partial charge in [0.15, 0.2) is 0 Å². The molecule has 1 atom stereocenters. The summed E-state index contributed by atoms with van der Waals surface area (Å²) in [4.78, 5) is 10.8. The Morgan fingerprint density at radius 1 is 1.64 bits per heavy atom. The van der Waals surface area contributed by atoms with E-state index in [1.807, 2.05) is 0 Å². The van der Waals surface area contributed by atoms with Crippen molar-refractivity contribution in [2.45, 2.75) is 12.5 Å². The molecular weight excluding hydrogens is 144 g/mol. The van der Waals surface area contributed by atoms with E-state index in [0.29, 0.717) is 12.5 Å². The molecule has 1 aliphatic rings. The summed E-state index contributed by atoms with van der Waals surface area (Å²) < 4.78 is 4.58. The standard InChI is InChI=1S/C7H14N2O2/c1-11-7(10)4-6-5-8-2-3-9-6/h6,8-9H,2-5H2,1H3/p+2/t6-/m1/s1. The van der Waals surface area contributed by atoms with Gasteiger partial charge in [-0.3, -0.25) is 4.79 Å². The Balaban J connectivity index is 2.19. The Morgan fingerprint density at radius 2 is 2.45 bits per heavy atom. The Labute approximate surface area is 66.3 Å². The van der Waals surface area contributed by atoms with E-state index in [-0.39, 0.29) is 5.97 Å². The number of carbonyl (C=O) groups excluding carboxylic acids is 1. The molecule has 1 aliphatic heterocycles. The van der Waals surface area contributed by atoms with Crippen molar-refractivity contribution in [1.82, 2.24) is 0 Å². The monoisotopic (exact) mass is 160 g/mol. The van der Waals surface area contributed by atoms with Crippen LogP contribution >= 0.6 is 0 Å². The fourth-order valence-corrected chi connectivity index (χ4v) is 1.34. The first kappa shape index (κ1) is 8.49. The van der Waals surface area contributed by atoms with Gasteiger partial charge in [-0.15, -0.1) is 0 Å². The molecule has 0 aromatic rings. The first-order valence-electron chi connectivity index (χ1n) is 4.04. The first-order valence-corrected chi connectivity index (χ1v) is 4.04. The van der Waals surface area contributed by atoms with Gasteiger partial charge in [0.05, 0.1) is 7.11 Å². The van der Waals surface area contributed by atoms with E-state index in [0.717, 1.165) is 19.6 Å². The zero-order valence-corrected chi connectivity index (χ0v) is 6.88. The number of piperazine rings is 1. The van der Waals surface area contributed by atoms with Crippen LogP contribution in [0.25, 0.3) is 0 Å². The number of rotatable bonds is 2. The zero-order valence-electron chi connectivity index (χ0n) is 6.88. The largest absolute Gasteiger partial charge is 0.469 e. The predicted octanol–water partition coefficient (Wildman–Crippen LogP) is -2.94. The SMILES string of the molecule is COC(=O)C[C@@H]1C[NH2+]CC[NH2+]1. The second-order valence-corrected chi connectivity index (χ2v) is 2.88. The number of nitrogens with two attached hydrogens (primary N) is 2. The van der Waals surface area contributed by atoms with E-state index >= 15 is 0 Å². The third-order valence-corrected chi connectivity index (χ3v) is 2.00. The maximum absolute atomic E-state index is 10.8. The molecule has 0 aromatic carbocycles. The van der Waals surface area contributed by atoms with E-state index in [9.17, 15) is 4.79 Å². The highest BCUT2D eigenvalue weighted by molar-refractivity contribution is 5.69. The van der Waals surface area contributed by atoms with Gasteiger partial charge in [0.25, 0.3) is 0 Å². The lowest BCUT2D eigenvalue weighted by atomic mass is 10.2. The maximum Gasteiger partial charge on any atom is 0.311 e. The highest BCUT2D eigenvalue weighted by Gasteiger charge is 2.21. The van der Waals surface area contributed by atoms with Crippen LogP contribution in [-0.2, 0) is 9.53 Å². The smallest absolute Gasteiger partial charge is 0.311 e. The Kier molecular flexibility index (Phi) is 3.32. The van der Waals surface area contributed by atoms with Crippen LogP contribution in [0.5, 0.6) is 0 Å². The minimum absolute atomic E-state index is 0.0958. The lowest BCUT2D eigenvalue weighted by molar-refractivity contribution is -0.810. The molecule has 64 valence electrons. The van der Waals surface area contributed by atoms with Crippen molar-refractivity contribution in [3.8, 4) is 0 Å². The molecule has 1 rings (SSSR count). The number of hydrogen-bond donors (Lipinski definition) is 2. The summed E-state index contributed by atoms with van der Waals surface area (Å²) in [5, 5.41) is 4.46. The summed E-state index contributed by atoms with van der Waals surface area (Å²) in [6.07, 6.45) is 0.549. The van der Waals surface area contributed by atoms with Crippen molar-refractivity contribution < 1.29 is 20.2 Å². The zero-order chi connectivity index (χ0) is 8.10. The highest BCUT2D eigenvalue weighted by Crippen LogP contribution is 1.86. The van der Waals surface area contributed by atoms with Crippen LogP contribution in [0.1, 0.15) is 6.42 Å². The van der Waals surface area contributed by atoms with Crippen molar-refractivity contribution in [1.29, 1.82) is 0 Å². The van der Waals surface area contributed by atoms with E-state index in [4.69, 9.17) is 0 Å². The summed E-state index contributed by atoms with van der Waals surface area (Å²) in [6, 6.07) is 0.427. The van der Waals surface area contributed by atoms with Crippen molar-refractivity contribution >= 4 is 5.97 Å². The molecule has 4 N–H and O–H groups in total. The third kappa shape index (κ3) is 2.86. The van der Waals surface area contributed by atoms with Crippen molar-refractivity contribution in [3.63, 3.8) is 0 Å². The number of carbonyl (C=O) groups is 1. The molecular formula is C7H16N2O2+2. The summed E-state index contributed by atoms with van der Waals surface area (Å²) >= 11 is 0. The summed E-state index contributed by atoms with van der Waals surface area (Å²) in [5.74, 6) is -0.0958. The Hall–Kier alpha value is -0.610. The number of esters is 1. The Bertz CT molecular complexity index is 132. The van der Waals surface area contributed by atoms with Crippen LogP contribution in [0.15, 0.2) is 0 Å². The molecule has 0 aliphatic carbocycles. The van der Waals surface area contributed by atoms with Crippen LogP contribution < -0.4 is 10.6 Å². The van der Waals surface area contributed by atoms with Gasteiger partial charge in [-0.25, -0.2) is 0 Å². The normalized spacial score (nSPS) is 24.6. The van der Waals surface area contributed by atoms with E-state index < -0.39 is 0 Å². The minimum atomic E-state index is -0.0958. The second kappa shape index (κ2) is 4.31. The fraction of sp³-hybridized carbons (Fsp3) is 0.857. The van der Waals surface area contributed by atoms with Crippen LogP contribution in [0, 0.1) is 0 Å². The van der Waals surface area contributed by atoms with Gasteiger partial charge in [0.1, 0.15) is 32.1 Å². The second-order valence-electron chi connectivity index (χ2n) is 2.88. The maximum atomic E-state index is 10.8. The number of quaternary nitrogens is 2.